The van der Waals surface area contributed by atoms with Crippen molar-refractivity contribution in [3.05, 3.63) is 29.8 Å². The number of halogens is 2. The third-order valence-corrected chi connectivity index (χ3v) is 2.02. The first-order valence-electron chi connectivity index (χ1n) is 5.31. The van der Waals surface area contributed by atoms with Crippen molar-refractivity contribution in [3.8, 4) is 0 Å². The van der Waals surface area contributed by atoms with E-state index in [4.69, 9.17) is 0 Å². The molecule has 0 aliphatic heterocycles. The normalized spacial score (nSPS) is 10.6. The fraction of sp³-hybridized carbons (Fsp3) is 0.455. The molecule has 0 saturated carbocycles. The Morgan fingerprint density at radius 1 is 1.47 bits per heavy atom. The highest BCUT2D eigenvalue weighted by Crippen LogP contribution is 2.01. The molecule has 0 bridgehead atoms. The van der Waals surface area contributed by atoms with Crippen LogP contribution in [0.3, 0.4) is 0 Å². The number of aliphatic imine (C=N–C) groups is 1. The predicted octanol–water partition coefficient (Wildman–Crippen LogP) is 1.91. The van der Waals surface area contributed by atoms with Gasteiger partial charge in [0.05, 0.1) is 12.2 Å². The van der Waals surface area contributed by atoms with Crippen molar-refractivity contribution < 1.29 is 4.39 Å². The molecule has 1 rings (SSSR count). The van der Waals surface area contributed by atoms with Crippen LogP contribution in [0.2, 0.25) is 0 Å². The maximum atomic E-state index is 13.2. The molecule has 1 aromatic rings. The molecule has 17 heavy (non-hydrogen) atoms. The van der Waals surface area contributed by atoms with E-state index in [-0.39, 0.29) is 29.8 Å². The fourth-order valence-corrected chi connectivity index (χ4v) is 1.18. The predicted molar refractivity (Wildman–Crippen MR) is 78.1 cm³/mol. The number of guanidine groups is 1. The van der Waals surface area contributed by atoms with Gasteiger partial charge in [-0.05, 0) is 18.6 Å². The molecule has 0 aliphatic carbocycles. The van der Waals surface area contributed by atoms with Gasteiger partial charge in [-0.2, -0.15) is 0 Å². The van der Waals surface area contributed by atoms with Gasteiger partial charge in [-0.1, -0.05) is 6.92 Å². The quantitative estimate of drug-likeness (QED) is 0.495. The van der Waals surface area contributed by atoms with Crippen LogP contribution < -0.4 is 10.6 Å². The largest absolute Gasteiger partial charge is 0.356 e. The minimum atomic E-state index is -0.305. The van der Waals surface area contributed by atoms with E-state index in [1.54, 1.807) is 19.3 Å². The standard InChI is InChI=1S/C11H17FN4.HI/c1-3-6-15-11(13-2)16-8-10-9(12)5-4-7-14-10;/h4-5,7H,3,6,8H2,1-2H3,(H2,13,15,16);1H. The van der Waals surface area contributed by atoms with Crippen molar-refractivity contribution in [2.75, 3.05) is 13.6 Å². The molecular weight excluding hydrogens is 334 g/mol. The summed E-state index contributed by atoms with van der Waals surface area (Å²) in [7, 11) is 1.68. The second-order valence-electron chi connectivity index (χ2n) is 3.28. The Morgan fingerprint density at radius 3 is 2.82 bits per heavy atom. The van der Waals surface area contributed by atoms with Crippen LogP contribution in [-0.4, -0.2) is 24.5 Å². The third kappa shape index (κ3) is 5.81. The topological polar surface area (TPSA) is 49.3 Å². The first-order chi connectivity index (χ1) is 7.77. The molecule has 0 radical (unpaired) electrons. The summed E-state index contributed by atoms with van der Waals surface area (Å²) >= 11 is 0. The molecule has 1 heterocycles. The lowest BCUT2D eigenvalue weighted by Gasteiger charge is -2.10. The molecule has 96 valence electrons. The van der Waals surface area contributed by atoms with Crippen LogP contribution in [0.25, 0.3) is 0 Å². The van der Waals surface area contributed by atoms with Crippen LogP contribution in [0.5, 0.6) is 0 Å². The van der Waals surface area contributed by atoms with E-state index in [1.165, 1.54) is 6.07 Å². The summed E-state index contributed by atoms with van der Waals surface area (Å²) < 4.78 is 13.2. The first kappa shape index (κ1) is 16.1. The van der Waals surface area contributed by atoms with Crippen molar-refractivity contribution in [2.45, 2.75) is 19.9 Å². The Kier molecular flexibility index (Phi) is 8.65. The van der Waals surface area contributed by atoms with E-state index in [9.17, 15) is 4.39 Å². The van der Waals surface area contributed by atoms with Gasteiger partial charge >= 0.3 is 0 Å². The molecule has 6 heteroatoms. The third-order valence-electron chi connectivity index (χ3n) is 2.02. The average Bonchev–Trinajstić information content (AvgIpc) is 2.31. The summed E-state index contributed by atoms with van der Waals surface area (Å²) in [4.78, 5) is 7.96. The molecule has 0 atom stereocenters. The van der Waals surface area contributed by atoms with Gasteiger partial charge in [-0.25, -0.2) is 4.39 Å². The molecule has 0 aliphatic rings. The van der Waals surface area contributed by atoms with Gasteiger partial charge in [0.15, 0.2) is 5.96 Å². The van der Waals surface area contributed by atoms with Crippen LogP contribution in [0, 0.1) is 5.82 Å². The molecule has 1 aromatic heterocycles. The molecule has 0 fully saturated rings. The zero-order valence-corrected chi connectivity index (χ0v) is 12.4. The van der Waals surface area contributed by atoms with Gasteiger partial charge in [0.2, 0.25) is 0 Å². The number of nitrogens with one attached hydrogen (secondary N) is 2. The van der Waals surface area contributed by atoms with Gasteiger partial charge in [0, 0.05) is 19.8 Å². The summed E-state index contributed by atoms with van der Waals surface area (Å²) in [6, 6.07) is 2.97. The van der Waals surface area contributed by atoms with Crippen LogP contribution in [0.15, 0.2) is 23.3 Å². The molecule has 2 N–H and O–H groups in total. The zero-order chi connectivity index (χ0) is 11.8. The smallest absolute Gasteiger partial charge is 0.191 e. The summed E-state index contributed by atoms with van der Waals surface area (Å²) in [5.41, 5.74) is 0.391. The average molecular weight is 352 g/mol. The van der Waals surface area contributed by atoms with E-state index in [2.05, 4.69) is 27.5 Å². The monoisotopic (exact) mass is 352 g/mol. The van der Waals surface area contributed by atoms with Crippen LogP contribution >= 0.6 is 24.0 Å². The van der Waals surface area contributed by atoms with Crippen LogP contribution in [0.1, 0.15) is 19.0 Å². The SMILES string of the molecule is CCCNC(=NC)NCc1ncccc1F.I. The van der Waals surface area contributed by atoms with E-state index >= 15 is 0 Å². The number of rotatable bonds is 4. The van der Waals surface area contributed by atoms with Gasteiger partial charge < -0.3 is 10.6 Å². The minimum Gasteiger partial charge on any atom is -0.356 e. The molecular formula is C11H18FIN4. The highest BCUT2D eigenvalue weighted by atomic mass is 127. The van der Waals surface area contributed by atoms with Crippen molar-refractivity contribution in [2.24, 2.45) is 4.99 Å². The zero-order valence-electron chi connectivity index (χ0n) is 10.0. The van der Waals surface area contributed by atoms with Crippen molar-refractivity contribution >= 4 is 29.9 Å². The first-order valence-corrected chi connectivity index (χ1v) is 5.31. The Balaban J connectivity index is 0.00000256. The lowest BCUT2D eigenvalue weighted by molar-refractivity contribution is 0.592. The number of pyridine rings is 1. The van der Waals surface area contributed by atoms with E-state index in [1.807, 2.05) is 0 Å². The highest BCUT2D eigenvalue weighted by molar-refractivity contribution is 14.0. The second-order valence-corrected chi connectivity index (χ2v) is 3.28. The second kappa shape index (κ2) is 9.15. The van der Waals surface area contributed by atoms with Gasteiger partial charge in [0.1, 0.15) is 5.82 Å². The maximum absolute atomic E-state index is 13.2. The molecule has 0 saturated heterocycles. The summed E-state index contributed by atoms with van der Waals surface area (Å²) in [5, 5.41) is 6.10. The Morgan fingerprint density at radius 2 is 2.24 bits per heavy atom. The summed E-state index contributed by atoms with van der Waals surface area (Å²) in [6.45, 7) is 3.24. The van der Waals surface area contributed by atoms with E-state index in [0.717, 1.165) is 13.0 Å². The van der Waals surface area contributed by atoms with Crippen LogP contribution in [0.4, 0.5) is 4.39 Å². The summed E-state index contributed by atoms with van der Waals surface area (Å²) in [6.07, 6.45) is 2.58. The minimum absolute atomic E-state index is 0. The lowest BCUT2D eigenvalue weighted by atomic mass is 10.3. The van der Waals surface area contributed by atoms with Crippen molar-refractivity contribution in [3.63, 3.8) is 0 Å². The Bertz CT molecular complexity index is 357. The number of hydrogen-bond acceptors (Lipinski definition) is 2. The lowest BCUT2D eigenvalue weighted by Crippen LogP contribution is -2.37. The fourth-order valence-electron chi connectivity index (χ4n) is 1.18. The van der Waals surface area contributed by atoms with Gasteiger partial charge in [-0.15, -0.1) is 24.0 Å². The Labute approximate surface area is 118 Å². The number of hydrogen-bond donors (Lipinski definition) is 2. The molecule has 4 nitrogen and oxygen atoms in total. The van der Waals surface area contributed by atoms with Crippen molar-refractivity contribution in [1.82, 2.24) is 15.6 Å². The number of aromatic nitrogens is 1. The van der Waals surface area contributed by atoms with E-state index in [0.29, 0.717) is 18.2 Å². The molecule has 0 amide bonds. The summed E-state index contributed by atoms with van der Waals surface area (Å²) in [5.74, 6) is 0.354. The highest BCUT2D eigenvalue weighted by Gasteiger charge is 2.03. The Hall–Kier alpha value is -0.920. The van der Waals surface area contributed by atoms with Crippen molar-refractivity contribution in [1.29, 1.82) is 0 Å². The van der Waals surface area contributed by atoms with Gasteiger partial charge in [0.25, 0.3) is 0 Å². The number of nitrogens with zero attached hydrogens (tertiary/aromatic N) is 2. The van der Waals surface area contributed by atoms with Crippen LogP contribution in [-0.2, 0) is 6.54 Å². The van der Waals surface area contributed by atoms with Gasteiger partial charge in [-0.3, -0.25) is 9.98 Å². The maximum Gasteiger partial charge on any atom is 0.191 e. The molecule has 0 spiro atoms. The molecule has 0 aromatic carbocycles. The van der Waals surface area contributed by atoms with E-state index < -0.39 is 0 Å². The molecule has 0 unspecified atom stereocenters.